The highest BCUT2D eigenvalue weighted by Gasteiger charge is 2.15. The quantitative estimate of drug-likeness (QED) is 0.836. The lowest BCUT2D eigenvalue weighted by Gasteiger charge is -2.11. The van der Waals surface area contributed by atoms with Crippen LogP contribution in [-0.2, 0) is 24.1 Å². The second-order valence-corrected chi connectivity index (χ2v) is 4.90. The molecule has 1 atom stereocenters. The Kier molecular flexibility index (Phi) is 2.94. The third-order valence-corrected chi connectivity index (χ3v) is 3.69. The summed E-state index contributed by atoms with van der Waals surface area (Å²) >= 11 is 0. The Hall–Kier alpha value is -0.860. The molecule has 1 aliphatic heterocycles. The fourth-order valence-electron chi connectivity index (χ4n) is 2.69. The zero-order valence-corrected chi connectivity index (χ0v) is 9.67. The van der Waals surface area contributed by atoms with E-state index >= 15 is 0 Å². The van der Waals surface area contributed by atoms with Gasteiger partial charge >= 0.3 is 0 Å². The minimum Gasteiger partial charge on any atom is -0.380 e. The summed E-state index contributed by atoms with van der Waals surface area (Å²) in [6.45, 7) is 2.79. The van der Waals surface area contributed by atoms with E-state index in [1.807, 2.05) is 0 Å². The molecule has 0 aromatic heterocycles. The van der Waals surface area contributed by atoms with Crippen LogP contribution < -0.4 is 5.32 Å². The first kappa shape index (κ1) is 10.3. The van der Waals surface area contributed by atoms with Crippen molar-refractivity contribution in [3.05, 3.63) is 34.9 Å². The van der Waals surface area contributed by atoms with Crippen LogP contribution in [0.15, 0.2) is 18.2 Å². The number of aryl methyl sites for hydroxylation is 2. The van der Waals surface area contributed by atoms with Gasteiger partial charge in [-0.1, -0.05) is 18.2 Å². The molecule has 3 rings (SSSR count). The summed E-state index contributed by atoms with van der Waals surface area (Å²) in [4.78, 5) is 0. The van der Waals surface area contributed by atoms with Crippen molar-refractivity contribution in [3.63, 3.8) is 0 Å². The molecule has 0 spiro atoms. The Morgan fingerprint density at radius 3 is 3.06 bits per heavy atom. The highest BCUT2D eigenvalue weighted by atomic mass is 16.5. The summed E-state index contributed by atoms with van der Waals surface area (Å²) in [6, 6.07) is 7.52. The predicted octanol–water partition coefficient (Wildman–Crippen LogP) is 2.05. The first-order valence-corrected chi connectivity index (χ1v) is 6.33. The lowest BCUT2D eigenvalue weighted by Crippen LogP contribution is -2.28. The van der Waals surface area contributed by atoms with Gasteiger partial charge in [0.05, 0.1) is 6.61 Å². The maximum atomic E-state index is 5.36. The fourth-order valence-corrected chi connectivity index (χ4v) is 2.69. The van der Waals surface area contributed by atoms with Crippen molar-refractivity contribution < 1.29 is 4.74 Å². The summed E-state index contributed by atoms with van der Waals surface area (Å²) in [5.41, 5.74) is 4.56. The van der Waals surface area contributed by atoms with Crippen LogP contribution >= 0.6 is 0 Å². The first-order valence-electron chi connectivity index (χ1n) is 6.33. The van der Waals surface area contributed by atoms with E-state index in [4.69, 9.17) is 4.74 Å². The van der Waals surface area contributed by atoms with Crippen LogP contribution in [0.1, 0.15) is 29.5 Å². The average molecular weight is 217 g/mol. The van der Waals surface area contributed by atoms with Crippen LogP contribution in [0.5, 0.6) is 0 Å². The highest BCUT2D eigenvalue weighted by Crippen LogP contribution is 2.22. The van der Waals surface area contributed by atoms with Crippen molar-refractivity contribution in [2.75, 3.05) is 13.2 Å². The largest absolute Gasteiger partial charge is 0.380 e. The van der Waals surface area contributed by atoms with Gasteiger partial charge in [-0.2, -0.15) is 0 Å². The van der Waals surface area contributed by atoms with Gasteiger partial charge in [0.15, 0.2) is 0 Å². The van der Waals surface area contributed by atoms with Crippen molar-refractivity contribution in [3.8, 4) is 0 Å². The van der Waals surface area contributed by atoms with E-state index in [1.165, 1.54) is 24.8 Å². The summed E-state index contributed by atoms with van der Waals surface area (Å²) in [7, 11) is 0. The average Bonchev–Trinajstić information content (AvgIpc) is 2.97. The van der Waals surface area contributed by atoms with E-state index in [-0.39, 0.29) is 0 Å². The maximum Gasteiger partial charge on any atom is 0.0620 e. The van der Waals surface area contributed by atoms with Gasteiger partial charge in [-0.25, -0.2) is 0 Å². The third kappa shape index (κ3) is 2.13. The number of rotatable bonds is 3. The molecule has 1 unspecified atom stereocenters. The zero-order valence-electron chi connectivity index (χ0n) is 9.67. The number of fused-ring (bicyclic) bond motifs is 1. The van der Waals surface area contributed by atoms with E-state index in [2.05, 4.69) is 23.5 Å². The minimum atomic E-state index is 0.563. The molecule has 0 saturated carbocycles. The van der Waals surface area contributed by atoms with Crippen LogP contribution in [0.3, 0.4) is 0 Å². The van der Waals surface area contributed by atoms with Crippen molar-refractivity contribution in [1.29, 1.82) is 0 Å². The molecule has 0 amide bonds. The topological polar surface area (TPSA) is 21.3 Å². The zero-order chi connectivity index (χ0) is 10.8. The van der Waals surface area contributed by atoms with Crippen LogP contribution in [0.2, 0.25) is 0 Å². The SMILES string of the molecule is c1cc2c(cc1CNC1CCOC1)CCC2. The molecule has 1 heterocycles. The Morgan fingerprint density at radius 1 is 1.25 bits per heavy atom. The summed E-state index contributed by atoms with van der Waals surface area (Å²) < 4.78 is 5.36. The van der Waals surface area contributed by atoms with Crippen molar-refractivity contribution in [2.45, 2.75) is 38.3 Å². The van der Waals surface area contributed by atoms with Gasteiger partial charge in [0, 0.05) is 19.2 Å². The molecule has 1 saturated heterocycles. The van der Waals surface area contributed by atoms with Gasteiger partial charge < -0.3 is 10.1 Å². The van der Waals surface area contributed by atoms with Gasteiger partial charge in [-0.05, 0) is 42.4 Å². The predicted molar refractivity (Wildman–Crippen MR) is 64.5 cm³/mol. The number of hydrogen-bond acceptors (Lipinski definition) is 2. The van der Waals surface area contributed by atoms with E-state index in [0.717, 1.165) is 26.2 Å². The molecule has 86 valence electrons. The van der Waals surface area contributed by atoms with Crippen molar-refractivity contribution in [2.24, 2.45) is 0 Å². The Balaban J connectivity index is 1.61. The smallest absolute Gasteiger partial charge is 0.0620 e. The molecule has 1 aromatic rings. The number of benzene rings is 1. The molecule has 2 nitrogen and oxygen atoms in total. The second-order valence-electron chi connectivity index (χ2n) is 4.90. The molecule has 1 fully saturated rings. The van der Waals surface area contributed by atoms with Gasteiger partial charge in [-0.15, -0.1) is 0 Å². The van der Waals surface area contributed by atoms with Crippen molar-refractivity contribution in [1.82, 2.24) is 5.32 Å². The maximum absolute atomic E-state index is 5.36. The Labute approximate surface area is 97.0 Å². The molecular formula is C14H19NO. The lowest BCUT2D eigenvalue weighted by molar-refractivity contribution is 0.190. The summed E-state index contributed by atoms with van der Waals surface area (Å²) in [5.74, 6) is 0. The lowest BCUT2D eigenvalue weighted by atomic mass is 10.1. The van der Waals surface area contributed by atoms with Gasteiger partial charge in [0.25, 0.3) is 0 Å². The molecule has 16 heavy (non-hydrogen) atoms. The number of nitrogens with one attached hydrogen (secondary N) is 1. The first-order chi connectivity index (χ1) is 7.92. The Bertz CT molecular complexity index is 369. The van der Waals surface area contributed by atoms with Crippen LogP contribution in [0, 0.1) is 0 Å². The van der Waals surface area contributed by atoms with Crippen molar-refractivity contribution >= 4 is 0 Å². The monoisotopic (exact) mass is 217 g/mol. The molecule has 1 aliphatic carbocycles. The molecule has 1 N–H and O–H groups in total. The molecule has 2 heteroatoms. The normalized spacial score (nSPS) is 23.6. The van der Waals surface area contributed by atoms with Gasteiger partial charge in [0.1, 0.15) is 0 Å². The molecule has 0 bridgehead atoms. The number of hydrogen-bond donors (Lipinski definition) is 1. The third-order valence-electron chi connectivity index (χ3n) is 3.69. The van der Waals surface area contributed by atoms with Gasteiger partial charge in [0.2, 0.25) is 0 Å². The summed E-state index contributed by atoms with van der Waals surface area (Å²) in [5, 5.41) is 3.56. The van der Waals surface area contributed by atoms with Crippen LogP contribution in [-0.4, -0.2) is 19.3 Å². The van der Waals surface area contributed by atoms with E-state index in [0.29, 0.717) is 6.04 Å². The highest BCUT2D eigenvalue weighted by molar-refractivity contribution is 5.35. The van der Waals surface area contributed by atoms with Crippen LogP contribution in [0.4, 0.5) is 0 Å². The van der Waals surface area contributed by atoms with E-state index in [1.54, 1.807) is 11.1 Å². The molecule has 2 aliphatic rings. The fraction of sp³-hybridized carbons (Fsp3) is 0.571. The molecule has 0 radical (unpaired) electrons. The van der Waals surface area contributed by atoms with Gasteiger partial charge in [-0.3, -0.25) is 0 Å². The summed E-state index contributed by atoms with van der Waals surface area (Å²) in [6.07, 6.45) is 5.04. The molecule has 1 aromatic carbocycles. The standard InChI is InChI=1S/C14H19NO/c1-2-12-5-4-11(8-13(12)3-1)9-15-14-6-7-16-10-14/h4-5,8,14-15H,1-3,6-7,9-10H2. The number of ether oxygens (including phenoxy) is 1. The van der Waals surface area contributed by atoms with Crippen LogP contribution in [0.25, 0.3) is 0 Å². The van der Waals surface area contributed by atoms with E-state index in [9.17, 15) is 0 Å². The van der Waals surface area contributed by atoms with E-state index < -0.39 is 0 Å². The Morgan fingerprint density at radius 2 is 2.19 bits per heavy atom. The minimum absolute atomic E-state index is 0.563. The molecular weight excluding hydrogens is 198 g/mol. The second kappa shape index (κ2) is 4.56.